The number of methoxy groups -OCH3 is 1. The summed E-state index contributed by atoms with van der Waals surface area (Å²) in [5.74, 6) is 0.333. The number of ether oxygens (including phenoxy) is 1. The van der Waals surface area contributed by atoms with Crippen LogP contribution in [0, 0.1) is 0 Å². The number of aromatic nitrogens is 1. The SMILES string of the molecule is C=CCn1c(=NC(=O)c2cc(Cl)sc2Cl)sc2cc(OC)ccc21. The van der Waals surface area contributed by atoms with Crippen LogP contribution in [0.15, 0.2) is 41.9 Å². The Morgan fingerprint density at radius 2 is 2.17 bits per heavy atom. The third kappa shape index (κ3) is 3.28. The fraction of sp³-hybridized carbons (Fsp3) is 0.125. The quantitative estimate of drug-likeness (QED) is 0.579. The molecule has 3 rings (SSSR count). The third-order valence-corrected chi connectivity index (χ3v) is 5.81. The number of amides is 1. The van der Waals surface area contributed by atoms with Gasteiger partial charge in [-0.1, -0.05) is 40.6 Å². The zero-order valence-electron chi connectivity index (χ0n) is 12.6. The summed E-state index contributed by atoms with van der Waals surface area (Å²) < 4.78 is 8.94. The number of carbonyl (C=O) groups is 1. The maximum Gasteiger partial charge on any atom is 0.282 e. The molecule has 0 N–H and O–H groups in total. The lowest BCUT2D eigenvalue weighted by molar-refractivity contribution is 0.0998. The Balaban J connectivity index is 2.16. The molecule has 8 heteroatoms. The molecule has 0 saturated carbocycles. The molecule has 4 nitrogen and oxygen atoms in total. The highest BCUT2D eigenvalue weighted by molar-refractivity contribution is 7.20. The average Bonchev–Trinajstić information content (AvgIpc) is 3.07. The van der Waals surface area contributed by atoms with Gasteiger partial charge in [0.1, 0.15) is 10.1 Å². The van der Waals surface area contributed by atoms with Crippen molar-refractivity contribution in [1.29, 1.82) is 0 Å². The molecule has 0 bridgehead atoms. The maximum absolute atomic E-state index is 12.4. The van der Waals surface area contributed by atoms with Crippen molar-refractivity contribution in [2.24, 2.45) is 4.99 Å². The Labute approximate surface area is 156 Å². The Bertz CT molecular complexity index is 1000. The van der Waals surface area contributed by atoms with E-state index < -0.39 is 5.91 Å². The van der Waals surface area contributed by atoms with Crippen LogP contribution in [0.5, 0.6) is 5.75 Å². The van der Waals surface area contributed by atoms with E-state index in [0.717, 1.165) is 27.3 Å². The zero-order chi connectivity index (χ0) is 17.3. The molecular weight excluding hydrogens is 387 g/mol. The smallest absolute Gasteiger partial charge is 0.282 e. The lowest BCUT2D eigenvalue weighted by atomic mass is 10.3. The molecule has 0 aliphatic heterocycles. The summed E-state index contributed by atoms with van der Waals surface area (Å²) in [4.78, 5) is 17.2. The van der Waals surface area contributed by atoms with E-state index in [4.69, 9.17) is 27.9 Å². The Kier molecular flexibility index (Phi) is 5.10. The van der Waals surface area contributed by atoms with Crippen LogP contribution in [0.2, 0.25) is 8.67 Å². The van der Waals surface area contributed by atoms with Gasteiger partial charge in [0.05, 0.1) is 27.2 Å². The van der Waals surface area contributed by atoms with E-state index in [0.29, 0.717) is 25.6 Å². The first kappa shape index (κ1) is 17.2. The van der Waals surface area contributed by atoms with Gasteiger partial charge < -0.3 is 9.30 Å². The number of allylic oxidation sites excluding steroid dienone is 1. The topological polar surface area (TPSA) is 43.6 Å². The molecule has 3 aromatic rings. The first-order valence-electron chi connectivity index (χ1n) is 6.85. The summed E-state index contributed by atoms with van der Waals surface area (Å²) in [5, 5.41) is 0. The second-order valence-corrected chi connectivity index (χ2v) is 8.07. The number of fused-ring (bicyclic) bond motifs is 1. The number of thiazole rings is 1. The van der Waals surface area contributed by atoms with E-state index in [9.17, 15) is 4.79 Å². The van der Waals surface area contributed by atoms with Gasteiger partial charge >= 0.3 is 0 Å². The van der Waals surface area contributed by atoms with Crippen LogP contribution >= 0.6 is 45.9 Å². The van der Waals surface area contributed by atoms with Crippen LogP contribution in [-0.4, -0.2) is 17.6 Å². The van der Waals surface area contributed by atoms with E-state index in [1.807, 2.05) is 22.8 Å². The van der Waals surface area contributed by atoms with Crippen LogP contribution < -0.4 is 9.54 Å². The van der Waals surface area contributed by atoms with Gasteiger partial charge in [0.2, 0.25) is 0 Å². The summed E-state index contributed by atoms with van der Waals surface area (Å²) in [6.07, 6.45) is 1.76. The second-order valence-electron chi connectivity index (χ2n) is 4.77. The summed E-state index contributed by atoms with van der Waals surface area (Å²) in [5.41, 5.74) is 1.27. The van der Waals surface area contributed by atoms with E-state index in [1.165, 1.54) is 17.4 Å². The number of hydrogen-bond acceptors (Lipinski definition) is 4. The summed E-state index contributed by atoms with van der Waals surface area (Å²) >= 11 is 14.5. The monoisotopic (exact) mass is 398 g/mol. The number of thiophene rings is 1. The molecule has 24 heavy (non-hydrogen) atoms. The third-order valence-electron chi connectivity index (χ3n) is 3.29. The van der Waals surface area contributed by atoms with Crippen molar-refractivity contribution in [3.63, 3.8) is 0 Å². The Hall–Kier alpha value is -1.60. The molecule has 0 unspecified atom stereocenters. The highest BCUT2D eigenvalue weighted by Gasteiger charge is 2.15. The molecule has 2 heterocycles. The predicted molar refractivity (Wildman–Crippen MR) is 101 cm³/mol. The van der Waals surface area contributed by atoms with Gasteiger partial charge in [-0.2, -0.15) is 4.99 Å². The van der Waals surface area contributed by atoms with Crippen LogP contribution in [0.3, 0.4) is 0 Å². The van der Waals surface area contributed by atoms with Crippen LogP contribution in [0.4, 0.5) is 0 Å². The van der Waals surface area contributed by atoms with Crippen molar-refractivity contribution in [1.82, 2.24) is 4.57 Å². The molecule has 0 radical (unpaired) electrons. The van der Waals surface area contributed by atoms with E-state index in [-0.39, 0.29) is 0 Å². The highest BCUT2D eigenvalue weighted by atomic mass is 35.5. The van der Waals surface area contributed by atoms with Gasteiger partial charge in [-0.25, -0.2) is 0 Å². The van der Waals surface area contributed by atoms with Crippen LogP contribution in [0.1, 0.15) is 10.4 Å². The molecule has 0 aliphatic carbocycles. The zero-order valence-corrected chi connectivity index (χ0v) is 15.7. The molecule has 0 aliphatic rings. The molecule has 0 fully saturated rings. The average molecular weight is 399 g/mol. The van der Waals surface area contributed by atoms with Crippen molar-refractivity contribution < 1.29 is 9.53 Å². The minimum Gasteiger partial charge on any atom is -0.497 e. The van der Waals surface area contributed by atoms with Crippen molar-refractivity contribution >= 4 is 62.0 Å². The molecule has 0 atom stereocenters. The highest BCUT2D eigenvalue weighted by Crippen LogP contribution is 2.31. The van der Waals surface area contributed by atoms with Crippen molar-refractivity contribution in [2.75, 3.05) is 7.11 Å². The number of nitrogens with zero attached hydrogens (tertiary/aromatic N) is 2. The van der Waals surface area contributed by atoms with Gasteiger partial charge in [0.25, 0.3) is 5.91 Å². The first-order chi connectivity index (χ1) is 11.5. The molecule has 2 aromatic heterocycles. The van der Waals surface area contributed by atoms with Gasteiger partial charge in [-0.3, -0.25) is 4.79 Å². The summed E-state index contributed by atoms with van der Waals surface area (Å²) in [7, 11) is 1.61. The minimum atomic E-state index is -0.417. The number of benzene rings is 1. The lowest BCUT2D eigenvalue weighted by Crippen LogP contribution is -2.16. The fourth-order valence-electron chi connectivity index (χ4n) is 2.20. The van der Waals surface area contributed by atoms with Gasteiger partial charge in [0.15, 0.2) is 4.80 Å². The molecule has 124 valence electrons. The first-order valence-corrected chi connectivity index (χ1v) is 9.24. The van der Waals surface area contributed by atoms with Gasteiger partial charge in [-0.15, -0.1) is 17.9 Å². The van der Waals surface area contributed by atoms with Crippen molar-refractivity contribution in [3.05, 3.63) is 56.0 Å². The van der Waals surface area contributed by atoms with E-state index >= 15 is 0 Å². The standard InChI is InChI=1S/C16H12Cl2N2O2S2/c1-3-6-20-11-5-4-9(22-2)7-12(11)23-16(20)19-15(21)10-8-13(17)24-14(10)18/h3-5,7-8H,1,6H2,2H3. The van der Waals surface area contributed by atoms with E-state index in [1.54, 1.807) is 13.2 Å². The fourth-order valence-corrected chi connectivity index (χ4v) is 4.72. The van der Waals surface area contributed by atoms with E-state index in [2.05, 4.69) is 11.6 Å². The number of halogens is 2. The number of rotatable bonds is 4. The van der Waals surface area contributed by atoms with Crippen LogP contribution in [-0.2, 0) is 6.54 Å². The number of carbonyl (C=O) groups excluding carboxylic acids is 1. The normalized spacial score (nSPS) is 11.9. The van der Waals surface area contributed by atoms with Crippen molar-refractivity contribution in [3.8, 4) is 5.75 Å². The molecule has 1 amide bonds. The predicted octanol–water partition coefficient (Wildman–Crippen LogP) is 5.01. The lowest BCUT2D eigenvalue weighted by Gasteiger charge is -2.02. The van der Waals surface area contributed by atoms with Gasteiger partial charge in [0, 0.05) is 6.54 Å². The minimum absolute atomic E-state index is 0.312. The maximum atomic E-state index is 12.4. The van der Waals surface area contributed by atoms with Crippen LogP contribution in [0.25, 0.3) is 10.2 Å². The molecule has 0 saturated heterocycles. The largest absolute Gasteiger partial charge is 0.497 e. The molecule has 1 aromatic carbocycles. The Morgan fingerprint density at radius 3 is 2.79 bits per heavy atom. The molecular formula is C16H12Cl2N2O2S2. The second kappa shape index (κ2) is 7.11. The number of hydrogen-bond donors (Lipinski definition) is 0. The van der Waals surface area contributed by atoms with Gasteiger partial charge in [-0.05, 0) is 24.3 Å². The van der Waals surface area contributed by atoms with Crippen molar-refractivity contribution in [2.45, 2.75) is 6.54 Å². The summed E-state index contributed by atoms with van der Waals surface area (Å²) in [6.45, 7) is 4.31. The Morgan fingerprint density at radius 1 is 1.38 bits per heavy atom. The molecule has 0 spiro atoms. The summed E-state index contributed by atoms with van der Waals surface area (Å²) in [6, 6.07) is 7.26.